The van der Waals surface area contributed by atoms with Crippen LogP contribution in [0.5, 0.6) is 0 Å². The largest absolute Gasteiger partial charge is 0.293 e. The highest BCUT2D eigenvalue weighted by atomic mass is 79.9. The standard InChI is InChI=1S/C9H7BrN2O/c1-6(13)8-4-2-3-7-5-11-9(10)12(7)8/h2-5H,1H3. The van der Waals surface area contributed by atoms with Crippen molar-refractivity contribution in [2.24, 2.45) is 0 Å². The molecular formula is C9H7BrN2O. The number of nitrogens with zero attached hydrogens (tertiary/aromatic N) is 2. The van der Waals surface area contributed by atoms with Crippen LogP contribution in [0.15, 0.2) is 29.1 Å². The molecule has 13 heavy (non-hydrogen) atoms. The van der Waals surface area contributed by atoms with Gasteiger partial charge in [0.15, 0.2) is 10.5 Å². The summed E-state index contributed by atoms with van der Waals surface area (Å²) in [7, 11) is 0. The number of fused-ring (bicyclic) bond motifs is 1. The molecule has 0 aliphatic rings. The molecule has 0 saturated carbocycles. The number of aromatic nitrogens is 2. The quantitative estimate of drug-likeness (QED) is 0.715. The zero-order chi connectivity index (χ0) is 9.42. The molecule has 66 valence electrons. The van der Waals surface area contributed by atoms with Crippen LogP contribution in [0.25, 0.3) is 5.52 Å². The summed E-state index contributed by atoms with van der Waals surface area (Å²) in [5.41, 5.74) is 1.56. The molecule has 2 heterocycles. The third kappa shape index (κ3) is 1.27. The number of imidazole rings is 1. The molecule has 0 aromatic carbocycles. The van der Waals surface area contributed by atoms with Crippen molar-refractivity contribution in [1.29, 1.82) is 0 Å². The molecule has 2 aromatic rings. The minimum atomic E-state index is 0.0318. The van der Waals surface area contributed by atoms with Crippen LogP contribution in [0.2, 0.25) is 0 Å². The molecule has 4 heteroatoms. The molecule has 0 aliphatic heterocycles. The molecule has 0 fully saturated rings. The monoisotopic (exact) mass is 238 g/mol. The average molecular weight is 239 g/mol. The van der Waals surface area contributed by atoms with Gasteiger partial charge in [-0.05, 0) is 28.1 Å². The third-order valence-electron chi connectivity index (χ3n) is 1.87. The van der Waals surface area contributed by atoms with Crippen LogP contribution in [-0.2, 0) is 0 Å². The van der Waals surface area contributed by atoms with Crippen molar-refractivity contribution >= 4 is 27.2 Å². The number of pyridine rings is 1. The maximum Gasteiger partial charge on any atom is 0.182 e. The topological polar surface area (TPSA) is 34.4 Å². The summed E-state index contributed by atoms with van der Waals surface area (Å²) >= 11 is 3.29. The Morgan fingerprint density at radius 3 is 3.00 bits per heavy atom. The Kier molecular flexibility index (Phi) is 1.92. The van der Waals surface area contributed by atoms with Crippen molar-refractivity contribution in [3.63, 3.8) is 0 Å². The first-order valence-corrected chi connectivity index (χ1v) is 4.62. The minimum absolute atomic E-state index is 0.0318. The van der Waals surface area contributed by atoms with Crippen LogP contribution in [0.4, 0.5) is 0 Å². The minimum Gasteiger partial charge on any atom is -0.293 e. The zero-order valence-corrected chi connectivity index (χ0v) is 8.58. The van der Waals surface area contributed by atoms with Gasteiger partial charge in [-0.25, -0.2) is 4.98 Å². The van der Waals surface area contributed by atoms with E-state index >= 15 is 0 Å². The first-order valence-electron chi connectivity index (χ1n) is 3.83. The van der Waals surface area contributed by atoms with E-state index in [0.29, 0.717) is 10.4 Å². The molecule has 0 aliphatic carbocycles. The fourth-order valence-electron chi connectivity index (χ4n) is 1.28. The van der Waals surface area contributed by atoms with Crippen molar-refractivity contribution in [2.45, 2.75) is 6.92 Å². The first kappa shape index (κ1) is 8.44. The summed E-state index contributed by atoms with van der Waals surface area (Å²) in [6.07, 6.45) is 1.72. The molecule has 0 saturated heterocycles. The number of hydrogen-bond donors (Lipinski definition) is 0. The van der Waals surface area contributed by atoms with E-state index in [1.54, 1.807) is 23.6 Å². The molecule has 2 aromatic heterocycles. The maximum atomic E-state index is 11.2. The van der Waals surface area contributed by atoms with Crippen LogP contribution >= 0.6 is 15.9 Å². The molecule has 0 amide bonds. The van der Waals surface area contributed by atoms with E-state index in [2.05, 4.69) is 20.9 Å². The molecule has 0 spiro atoms. The summed E-state index contributed by atoms with van der Waals surface area (Å²) < 4.78 is 2.44. The highest BCUT2D eigenvalue weighted by molar-refractivity contribution is 9.10. The SMILES string of the molecule is CC(=O)c1cccc2cnc(Br)n12. The van der Waals surface area contributed by atoms with Crippen molar-refractivity contribution < 1.29 is 4.79 Å². The van der Waals surface area contributed by atoms with Crippen LogP contribution in [0.1, 0.15) is 17.4 Å². The summed E-state index contributed by atoms with van der Waals surface area (Å²) in [6.45, 7) is 1.54. The summed E-state index contributed by atoms with van der Waals surface area (Å²) in [6, 6.07) is 5.53. The number of ketones is 1. The number of carbonyl (C=O) groups is 1. The van der Waals surface area contributed by atoms with Gasteiger partial charge in [0.25, 0.3) is 0 Å². The molecular weight excluding hydrogens is 232 g/mol. The van der Waals surface area contributed by atoms with Gasteiger partial charge in [0.2, 0.25) is 0 Å². The first-order chi connectivity index (χ1) is 6.20. The van der Waals surface area contributed by atoms with E-state index in [1.165, 1.54) is 0 Å². The molecule has 0 radical (unpaired) electrons. The van der Waals surface area contributed by atoms with Crippen LogP contribution in [0.3, 0.4) is 0 Å². The van der Waals surface area contributed by atoms with Crippen molar-refractivity contribution in [3.8, 4) is 0 Å². The van der Waals surface area contributed by atoms with Gasteiger partial charge in [-0.3, -0.25) is 9.20 Å². The fraction of sp³-hybridized carbons (Fsp3) is 0.111. The lowest BCUT2D eigenvalue weighted by Crippen LogP contribution is -2.01. The second kappa shape index (κ2) is 2.96. The lowest BCUT2D eigenvalue weighted by Gasteiger charge is -2.01. The van der Waals surface area contributed by atoms with Crippen LogP contribution in [-0.4, -0.2) is 15.2 Å². The Morgan fingerprint density at radius 1 is 1.54 bits per heavy atom. The summed E-state index contributed by atoms with van der Waals surface area (Å²) in [5, 5.41) is 0. The van der Waals surface area contributed by atoms with Gasteiger partial charge in [0.05, 0.1) is 17.4 Å². The highest BCUT2D eigenvalue weighted by Crippen LogP contribution is 2.15. The molecule has 2 rings (SSSR count). The average Bonchev–Trinajstić information content (AvgIpc) is 2.48. The molecule has 0 atom stereocenters. The molecule has 0 unspecified atom stereocenters. The van der Waals surface area contributed by atoms with E-state index in [9.17, 15) is 4.79 Å². The number of halogens is 1. The van der Waals surface area contributed by atoms with E-state index < -0.39 is 0 Å². The second-order valence-corrected chi connectivity index (χ2v) is 3.46. The lowest BCUT2D eigenvalue weighted by atomic mass is 10.2. The molecule has 0 N–H and O–H groups in total. The Hall–Kier alpha value is -1.16. The summed E-state index contributed by atoms with van der Waals surface area (Å²) in [4.78, 5) is 15.3. The number of carbonyl (C=O) groups excluding carboxylic acids is 1. The maximum absolute atomic E-state index is 11.2. The third-order valence-corrected chi connectivity index (χ3v) is 2.43. The van der Waals surface area contributed by atoms with E-state index in [1.807, 2.05) is 12.1 Å². The molecule has 0 bridgehead atoms. The number of Topliss-reactive ketones (excluding diaryl/α,β-unsaturated/α-hetero) is 1. The smallest absolute Gasteiger partial charge is 0.182 e. The predicted molar refractivity (Wildman–Crippen MR) is 52.9 cm³/mol. The van der Waals surface area contributed by atoms with Crippen molar-refractivity contribution in [2.75, 3.05) is 0 Å². The number of rotatable bonds is 1. The normalized spacial score (nSPS) is 10.6. The van der Waals surface area contributed by atoms with Crippen molar-refractivity contribution in [3.05, 3.63) is 34.8 Å². The van der Waals surface area contributed by atoms with Crippen molar-refractivity contribution in [1.82, 2.24) is 9.38 Å². The van der Waals surface area contributed by atoms with Gasteiger partial charge in [-0.15, -0.1) is 0 Å². The van der Waals surface area contributed by atoms with Crippen LogP contribution in [0, 0.1) is 0 Å². The van der Waals surface area contributed by atoms with E-state index in [4.69, 9.17) is 0 Å². The second-order valence-electron chi connectivity index (χ2n) is 2.75. The highest BCUT2D eigenvalue weighted by Gasteiger charge is 2.07. The molecule has 3 nitrogen and oxygen atoms in total. The zero-order valence-electron chi connectivity index (χ0n) is 6.99. The van der Waals surface area contributed by atoms with Gasteiger partial charge in [0.1, 0.15) is 0 Å². The van der Waals surface area contributed by atoms with Gasteiger partial charge in [-0.2, -0.15) is 0 Å². The van der Waals surface area contributed by atoms with E-state index in [-0.39, 0.29) is 5.78 Å². The van der Waals surface area contributed by atoms with Gasteiger partial charge in [-0.1, -0.05) is 6.07 Å². The fourth-order valence-corrected chi connectivity index (χ4v) is 1.78. The Bertz CT molecular complexity index is 475. The Balaban J connectivity index is 2.88. The van der Waals surface area contributed by atoms with Gasteiger partial charge >= 0.3 is 0 Å². The van der Waals surface area contributed by atoms with E-state index in [0.717, 1.165) is 5.52 Å². The number of hydrogen-bond acceptors (Lipinski definition) is 2. The van der Waals surface area contributed by atoms with Gasteiger partial charge < -0.3 is 0 Å². The lowest BCUT2D eigenvalue weighted by molar-refractivity contribution is 0.101. The Morgan fingerprint density at radius 2 is 2.31 bits per heavy atom. The Labute approximate surface area is 83.5 Å². The summed E-state index contributed by atoms with van der Waals surface area (Å²) in [5.74, 6) is 0.0318. The van der Waals surface area contributed by atoms with Gasteiger partial charge in [0, 0.05) is 6.92 Å². The predicted octanol–water partition coefficient (Wildman–Crippen LogP) is 2.30. The van der Waals surface area contributed by atoms with Crippen LogP contribution < -0.4 is 0 Å².